The van der Waals surface area contributed by atoms with Crippen LogP contribution >= 0.6 is 27.3 Å². The smallest absolute Gasteiger partial charge is 0.273 e. The lowest BCUT2D eigenvalue weighted by molar-refractivity contribution is 0.0747. The van der Waals surface area contributed by atoms with Gasteiger partial charge in [-0.25, -0.2) is 4.98 Å². The number of carbonyl (C=O) groups excluding carboxylic acids is 1. The van der Waals surface area contributed by atoms with Gasteiger partial charge in [0, 0.05) is 50.1 Å². The van der Waals surface area contributed by atoms with E-state index >= 15 is 0 Å². The molecule has 1 aliphatic rings. The predicted molar refractivity (Wildman–Crippen MR) is 112 cm³/mol. The average molecular weight is 454 g/mol. The van der Waals surface area contributed by atoms with Gasteiger partial charge in [-0.2, -0.15) is 5.10 Å². The van der Waals surface area contributed by atoms with Gasteiger partial charge in [0.25, 0.3) is 5.91 Å². The molecule has 27 heavy (non-hydrogen) atoms. The van der Waals surface area contributed by atoms with Gasteiger partial charge in [-0.1, -0.05) is 20.8 Å². The minimum Gasteiger partial charge on any atom is -0.336 e. The third-order valence-corrected chi connectivity index (χ3v) is 6.65. The van der Waals surface area contributed by atoms with Gasteiger partial charge in [0.2, 0.25) is 0 Å². The molecular formula is C19H28BrN5OS. The topological polar surface area (TPSA) is 54.3 Å². The molecule has 1 amide bonds. The molecule has 0 radical (unpaired) electrons. The van der Waals surface area contributed by atoms with Crippen LogP contribution < -0.4 is 0 Å². The summed E-state index contributed by atoms with van der Waals surface area (Å²) < 4.78 is 2.53. The minimum atomic E-state index is 0.0618. The first-order valence-corrected chi connectivity index (χ1v) is 11.1. The number of hydrogen-bond donors (Lipinski definition) is 0. The van der Waals surface area contributed by atoms with Crippen molar-refractivity contribution in [3.63, 3.8) is 0 Å². The zero-order valence-electron chi connectivity index (χ0n) is 16.5. The van der Waals surface area contributed by atoms with Crippen LogP contribution in [-0.2, 0) is 18.5 Å². The molecule has 0 aromatic carbocycles. The average Bonchev–Trinajstić information content (AvgIpc) is 3.15. The zero-order chi connectivity index (χ0) is 19.6. The minimum absolute atomic E-state index is 0.0618. The van der Waals surface area contributed by atoms with Gasteiger partial charge in [0.15, 0.2) is 0 Å². The Morgan fingerprint density at radius 1 is 1.26 bits per heavy atom. The van der Waals surface area contributed by atoms with Crippen LogP contribution in [0.1, 0.15) is 55.3 Å². The highest BCUT2D eigenvalue weighted by Crippen LogP contribution is 2.26. The molecule has 8 heteroatoms. The Balaban J connectivity index is 1.63. The Bertz CT molecular complexity index is 794. The fourth-order valence-electron chi connectivity index (χ4n) is 3.25. The van der Waals surface area contributed by atoms with E-state index in [0.29, 0.717) is 12.2 Å². The molecule has 2 aromatic heterocycles. The van der Waals surface area contributed by atoms with Crippen LogP contribution in [0.4, 0.5) is 0 Å². The highest BCUT2D eigenvalue weighted by Gasteiger charge is 2.25. The third-order valence-electron chi connectivity index (χ3n) is 4.75. The fraction of sp³-hybridized carbons (Fsp3) is 0.632. The maximum absolute atomic E-state index is 13.0. The van der Waals surface area contributed by atoms with Crippen molar-refractivity contribution in [1.29, 1.82) is 0 Å². The molecule has 2 aromatic rings. The summed E-state index contributed by atoms with van der Waals surface area (Å²) in [5, 5.41) is 7.63. The van der Waals surface area contributed by atoms with Crippen molar-refractivity contribution in [3.8, 4) is 0 Å². The quantitative estimate of drug-likeness (QED) is 0.706. The SMILES string of the molecule is CCn1ncc(Br)c1C(=O)N1CCCN(Cc2csc(C(C)(C)C)n2)CC1. The first-order valence-electron chi connectivity index (χ1n) is 9.47. The monoisotopic (exact) mass is 453 g/mol. The molecule has 0 bridgehead atoms. The molecule has 3 heterocycles. The summed E-state index contributed by atoms with van der Waals surface area (Å²) in [6.45, 7) is 13.5. The zero-order valence-corrected chi connectivity index (χ0v) is 18.9. The van der Waals surface area contributed by atoms with Gasteiger partial charge in [0.05, 0.1) is 21.4 Å². The summed E-state index contributed by atoms with van der Waals surface area (Å²) in [4.78, 5) is 22.2. The van der Waals surface area contributed by atoms with Crippen LogP contribution in [-0.4, -0.2) is 56.7 Å². The number of nitrogens with zero attached hydrogens (tertiary/aromatic N) is 5. The molecule has 1 fully saturated rings. The van der Waals surface area contributed by atoms with E-state index in [4.69, 9.17) is 4.98 Å². The number of aromatic nitrogens is 3. The summed E-state index contributed by atoms with van der Waals surface area (Å²) in [5.74, 6) is 0.0618. The van der Waals surface area contributed by atoms with Gasteiger partial charge in [-0.3, -0.25) is 14.4 Å². The van der Waals surface area contributed by atoms with Crippen molar-refractivity contribution in [2.45, 2.75) is 52.6 Å². The molecule has 0 N–H and O–H groups in total. The maximum Gasteiger partial charge on any atom is 0.273 e. The summed E-state index contributed by atoms with van der Waals surface area (Å²) in [6.07, 6.45) is 2.68. The van der Waals surface area contributed by atoms with Crippen LogP contribution in [0.5, 0.6) is 0 Å². The van der Waals surface area contributed by atoms with Crippen LogP contribution in [0, 0.1) is 0 Å². The molecule has 0 atom stereocenters. The van der Waals surface area contributed by atoms with Gasteiger partial charge < -0.3 is 4.90 Å². The number of aryl methyl sites for hydroxylation is 1. The molecule has 1 saturated heterocycles. The second-order valence-corrected chi connectivity index (χ2v) is 9.69. The van der Waals surface area contributed by atoms with Crippen molar-refractivity contribution >= 4 is 33.2 Å². The molecule has 148 valence electrons. The van der Waals surface area contributed by atoms with E-state index < -0.39 is 0 Å². The van der Waals surface area contributed by atoms with Crippen LogP contribution in [0.25, 0.3) is 0 Å². The fourth-order valence-corrected chi connectivity index (χ4v) is 4.61. The lowest BCUT2D eigenvalue weighted by atomic mass is 9.98. The number of halogens is 1. The number of rotatable bonds is 4. The van der Waals surface area contributed by atoms with E-state index in [2.05, 4.69) is 52.1 Å². The van der Waals surface area contributed by atoms with Crippen LogP contribution in [0.2, 0.25) is 0 Å². The number of thiazole rings is 1. The molecular weight excluding hydrogens is 426 g/mol. The van der Waals surface area contributed by atoms with Gasteiger partial charge in [0.1, 0.15) is 5.69 Å². The van der Waals surface area contributed by atoms with Gasteiger partial charge in [-0.15, -0.1) is 11.3 Å². The number of hydrogen-bond acceptors (Lipinski definition) is 5. The maximum atomic E-state index is 13.0. The molecule has 0 unspecified atom stereocenters. The molecule has 1 aliphatic heterocycles. The Hall–Kier alpha value is -1.25. The Labute approximate surface area is 173 Å². The second kappa shape index (κ2) is 8.41. The Morgan fingerprint density at radius 3 is 2.70 bits per heavy atom. The highest BCUT2D eigenvalue weighted by atomic mass is 79.9. The largest absolute Gasteiger partial charge is 0.336 e. The third kappa shape index (κ3) is 4.78. The second-order valence-electron chi connectivity index (χ2n) is 7.97. The van der Waals surface area contributed by atoms with Gasteiger partial charge >= 0.3 is 0 Å². The first-order chi connectivity index (χ1) is 12.8. The van der Waals surface area contributed by atoms with E-state index in [1.165, 1.54) is 5.01 Å². The standard InChI is InChI=1S/C19H28BrN5OS/c1-5-25-16(15(20)11-21-25)17(26)24-8-6-7-23(9-10-24)12-14-13-27-18(22-14)19(2,3)4/h11,13H,5-10,12H2,1-4H3. The summed E-state index contributed by atoms with van der Waals surface area (Å²) >= 11 is 5.21. The summed E-state index contributed by atoms with van der Waals surface area (Å²) in [5.41, 5.74) is 1.89. The van der Waals surface area contributed by atoms with E-state index in [0.717, 1.165) is 49.3 Å². The van der Waals surface area contributed by atoms with Crippen molar-refractivity contribution in [2.24, 2.45) is 0 Å². The summed E-state index contributed by atoms with van der Waals surface area (Å²) in [7, 11) is 0. The number of carbonyl (C=O) groups is 1. The number of amides is 1. The normalized spacial score (nSPS) is 16.6. The molecule has 6 nitrogen and oxygen atoms in total. The highest BCUT2D eigenvalue weighted by molar-refractivity contribution is 9.10. The van der Waals surface area contributed by atoms with Crippen molar-refractivity contribution in [1.82, 2.24) is 24.6 Å². The molecule has 0 aliphatic carbocycles. The molecule has 0 saturated carbocycles. The lowest BCUT2D eigenvalue weighted by Gasteiger charge is -2.22. The van der Waals surface area contributed by atoms with Crippen LogP contribution in [0.15, 0.2) is 16.0 Å². The van der Waals surface area contributed by atoms with Crippen molar-refractivity contribution < 1.29 is 4.79 Å². The Morgan fingerprint density at radius 2 is 2.04 bits per heavy atom. The van der Waals surface area contributed by atoms with E-state index in [9.17, 15) is 4.79 Å². The summed E-state index contributed by atoms with van der Waals surface area (Å²) in [6, 6.07) is 0. The van der Waals surface area contributed by atoms with Crippen molar-refractivity contribution in [2.75, 3.05) is 26.2 Å². The molecule has 0 spiro atoms. The van der Waals surface area contributed by atoms with E-state index in [1.54, 1.807) is 22.2 Å². The first kappa shape index (κ1) is 20.5. The van der Waals surface area contributed by atoms with Crippen LogP contribution in [0.3, 0.4) is 0 Å². The van der Waals surface area contributed by atoms with E-state index in [1.807, 2.05) is 11.8 Å². The lowest BCUT2D eigenvalue weighted by Crippen LogP contribution is -2.36. The van der Waals surface area contributed by atoms with Crippen molar-refractivity contribution in [3.05, 3.63) is 32.4 Å². The van der Waals surface area contributed by atoms with E-state index in [-0.39, 0.29) is 11.3 Å². The van der Waals surface area contributed by atoms with Gasteiger partial charge in [-0.05, 0) is 29.3 Å². The Kier molecular flexibility index (Phi) is 6.38. The predicted octanol–water partition coefficient (Wildman–Crippen LogP) is 3.77. The molecule has 3 rings (SSSR count).